The fourth-order valence-corrected chi connectivity index (χ4v) is 1.59. The maximum atomic E-state index is 10.5. The summed E-state index contributed by atoms with van der Waals surface area (Å²) in [4.78, 5) is 10.1. The van der Waals surface area contributed by atoms with Crippen LogP contribution in [-0.4, -0.2) is 4.92 Å². The van der Waals surface area contributed by atoms with Crippen molar-refractivity contribution in [2.45, 2.75) is 13.0 Å². The summed E-state index contributed by atoms with van der Waals surface area (Å²) in [5.41, 5.74) is 1.54. The van der Waals surface area contributed by atoms with E-state index in [0.717, 1.165) is 12.0 Å². The van der Waals surface area contributed by atoms with Crippen molar-refractivity contribution in [2.24, 2.45) is 0 Å². The van der Waals surface area contributed by atoms with Crippen molar-refractivity contribution in [3.05, 3.63) is 76.1 Å². The van der Waals surface area contributed by atoms with Crippen LogP contribution in [0.5, 0.6) is 0 Å². The minimum atomic E-state index is -0.426. The topological polar surface area (TPSA) is 52.4 Å². The predicted octanol–water partition coefficient (Wildman–Crippen LogP) is 3.31. The van der Waals surface area contributed by atoms with Crippen LogP contribution >= 0.6 is 0 Å². The Labute approximate surface area is 105 Å². The fraction of sp³-hybridized carbons (Fsp3) is 0.143. The average Bonchev–Trinajstić information content (AvgIpc) is 2.38. The van der Waals surface area contributed by atoms with Gasteiger partial charge in [-0.15, -0.1) is 0 Å². The van der Waals surface area contributed by atoms with Crippen molar-refractivity contribution in [1.82, 2.24) is 0 Å². The standard InChI is InChI=1S/C14H12NO3/c1-11-4-2-3-5-14(11)18-10-12-6-8-13(9-7-12)15(16)17/h1-2,4-9H,3,10H2/q+1. The smallest absolute Gasteiger partial charge is 0.269 e. The highest BCUT2D eigenvalue weighted by Gasteiger charge is 2.15. The molecule has 0 saturated carbocycles. The Morgan fingerprint density at radius 1 is 1.33 bits per heavy atom. The van der Waals surface area contributed by atoms with E-state index in [1.165, 1.54) is 12.1 Å². The highest BCUT2D eigenvalue weighted by atomic mass is 16.6. The molecular formula is C14H12NO3+. The average molecular weight is 242 g/mol. The lowest BCUT2D eigenvalue weighted by Crippen LogP contribution is -1.98. The van der Waals surface area contributed by atoms with Gasteiger partial charge in [-0.05, 0) is 23.8 Å². The van der Waals surface area contributed by atoms with Crippen LogP contribution in [0.4, 0.5) is 5.69 Å². The van der Waals surface area contributed by atoms with Crippen LogP contribution in [-0.2, 0) is 11.3 Å². The maximum Gasteiger partial charge on any atom is 0.269 e. The molecule has 4 nitrogen and oxygen atoms in total. The van der Waals surface area contributed by atoms with Crippen molar-refractivity contribution in [1.29, 1.82) is 0 Å². The Morgan fingerprint density at radius 2 is 2.06 bits per heavy atom. The van der Waals surface area contributed by atoms with Gasteiger partial charge in [0.25, 0.3) is 5.69 Å². The van der Waals surface area contributed by atoms with Crippen LogP contribution < -0.4 is 0 Å². The first kappa shape index (κ1) is 12.0. The zero-order chi connectivity index (χ0) is 13.0. The molecule has 1 aliphatic rings. The predicted molar refractivity (Wildman–Crippen MR) is 67.5 cm³/mol. The third-order valence-electron chi connectivity index (χ3n) is 2.56. The lowest BCUT2D eigenvalue weighted by Gasteiger charge is -2.05. The molecule has 0 aliphatic heterocycles. The van der Waals surface area contributed by atoms with Gasteiger partial charge in [-0.3, -0.25) is 10.1 Å². The molecule has 0 atom stereocenters. The van der Waals surface area contributed by atoms with Crippen molar-refractivity contribution in [3.8, 4) is 0 Å². The van der Waals surface area contributed by atoms with E-state index in [9.17, 15) is 10.1 Å². The molecule has 1 aromatic rings. The molecule has 2 rings (SSSR count). The van der Waals surface area contributed by atoms with Gasteiger partial charge in [0, 0.05) is 31.2 Å². The minimum absolute atomic E-state index is 0.0737. The van der Waals surface area contributed by atoms with Gasteiger partial charge in [0.1, 0.15) is 6.61 Å². The first-order chi connectivity index (χ1) is 8.66. The van der Waals surface area contributed by atoms with Crippen molar-refractivity contribution >= 4 is 5.69 Å². The number of hydrogen-bond acceptors (Lipinski definition) is 3. The van der Waals surface area contributed by atoms with Gasteiger partial charge in [0.2, 0.25) is 11.3 Å². The highest BCUT2D eigenvalue weighted by molar-refractivity contribution is 5.36. The van der Waals surface area contributed by atoms with Crippen LogP contribution in [0.2, 0.25) is 0 Å². The zero-order valence-corrected chi connectivity index (χ0v) is 9.70. The second-order valence-electron chi connectivity index (χ2n) is 3.87. The van der Waals surface area contributed by atoms with Crippen molar-refractivity contribution in [2.75, 3.05) is 0 Å². The normalized spacial score (nSPS) is 14.2. The summed E-state index contributed by atoms with van der Waals surface area (Å²) in [6, 6.07) is 6.27. The Morgan fingerprint density at radius 3 is 2.67 bits per heavy atom. The number of benzene rings is 1. The summed E-state index contributed by atoms with van der Waals surface area (Å²) in [6.45, 7) is 6.10. The number of non-ortho nitro benzene ring substituents is 1. The fourth-order valence-electron chi connectivity index (χ4n) is 1.59. The molecule has 4 heteroatoms. The monoisotopic (exact) mass is 242 g/mol. The molecule has 0 saturated heterocycles. The van der Waals surface area contributed by atoms with Crippen LogP contribution in [0.15, 0.2) is 53.8 Å². The van der Waals surface area contributed by atoms with Gasteiger partial charge in [0.05, 0.1) is 11.0 Å². The molecule has 0 amide bonds. The van der Waals surface area contributed by atoms with E-state index in [-0.39, 0.29) is 5.69 Å². The second kappa shape index (κ2) is 5.25. The van der Waals surface area contributed by atoms with Crippen molar-refractivity contribution in [3.63, 3.8) is 0 Å². The minimum Gasteiger partial charge on any atom is -0.429 e. The van der Waals surface area contributed by atoms with Gasteiger partial charge in [-0.25, -0.2) is 0 Å². The number of nitro groups is 1. The number of nitrogens with zero attached hydrogens (tertiary/aromatic N) is 1. The Hall–Kier alpha value is -2.45. The molecule has 0 unspecified atom stereocenters. The molecule has 0 heterocycles. The van der Waals surface area contributed by atoms with Crippen LogP contribution in [0, 0.1) is 16.7 Å². The summed E-state index contributed by atoms with van der Waals surface area (Å²) in [7, 11) is 0. The van der Waals surface area contributed by atoms with Gasteiger partial charge < -0.3 is 4.74 Å². The summed E-state index contributed by atoms with van der Waals surface area (Å²) >= 11 is 0. The molecule has 0 radical (unpaired) electrons. The summed E-state index contributed by atoms with van der Waals surface area (Å²) < 4.78 is 5.56. The van der Waals surface area contributed by atoms with E-state index in [0.29, 0.717) is 17.9 Å². The molecule has 0 bridgehead atoms. The third-order valence-corrected chi connectivity index (χ3v) is 2.56. The van der Waals surface area contributed by atoms with E-state index in [1.807, 2.05) is 18.2 Å². The Kier molecular flexibility index (Phi) is 3.51. The van der Waals surface area contributed by atoms with E-state index in [4.69, 9.17) is 11.3 Å². The summed E-state index contributed by atoms with van der Waals surface area (Å²) in [6.07, 6.45) is 6.47. The molecule has 1 aliphatic carbocycles. The van der Waals surface area contributed by atoms with E-state index >= 15 is 0 Å². The Bertz CT molecular complexity index is 526. The quantitative estimate of drug-likeness (QED) is 0.462. The number of nitro benzene ring substituents is 1. The van der Waals surface area contributed by atoms with E-state index < -0.39 is 4.92 Å². The van der Waals surface area contributed by atoms with Gasteiger partial charge in [0.15, 0.2) is 0 Å². The second-order valence-corrected chi connectivity index (χ2v) is 3.87. The molecule has 0 fully saturated rings. The first-order valence-electron chi connectivity index (χ1n) is 5.52. The molecule has 1 aromatic carbocycles. The zero-order valence-electron chi connectivity index (χ0n) is 9.70. The van der Waals surface area contributed by atoms with Crippen LogP contribution in [0.25, 0.3) is 0 Å². The number of ether oxygens (including phenoxy) is 1. The van der Waals surface area contributed by atoms with Gasteiger partial charge in [-0.2, -0.15) is 0 Å². The summed E-state index contributed by atoms with van der Waals surface area (Å²) in [5, 5.41) is 10.5. The molecule has 0 N–H and O–H groups in total. The molecule has 0 aromatic heterocycles. The SMILES string of the molecule is [CH+]=C1C=CCC=C1OCc1ccc([N+](=O)[O-])cc1. The lowest BCUT2D eigenvalue weighted by atomic mass is 10.1. The lowest BCUT2D eigenvalue weighted by molar-refractivity contribution is -0.384. The van der Waals surface area contributed by atoms with Crippen LogP contribution in [0.3, 0.4) is 0 Å². The van der Waals surface area contributed by atoms with Crippen LogP contribution in [0.1, 0.15) is 12.0 Å². The highest BCUT2D eigenvalue weighted by Crippen LogP contribution is 2.19. The Balaban J connectivity index is 1.96. The van der Waals surface area contributed by atoms with E-state index in [1.54, 1.807) is 12.1 Å². The van der Waals surface area contributed by atoms with Gasteiger partial charge >= 0.3 is 0 Å². The number of hydrogen-bond donors (Lipinski definition) is 0. The molecular weight excluding hydrogens is 230 g/mol. The van der Waals surface area contributed by atoms with Crippen molar-refractivity contribution < 1.29 is 9.66 Å². The third kappa shape index (κ3) is 2.81. The number of allylic oxidation sites excluding steroid dienone is 3. The largest absolute Gasteiger partial charge is 0.429 e. The maximum absolute atomic E-state index is 10.5. The van der Waals surface area contributed by atoms with E-state index in [2.05, 4.69) is 0 Å². The molecule has 18 heavy (non-hydrogen) atoms. The molecule has 0 spiro atoms. The summed E-state index contributed by atoms with van der Waals surface area (Å²) in [5.74, 6) is 0.663. The number of rotatable bonds is 4. The van der Waals surface area contributed by atoms with Gasteiger partial charge in [-0.1, -0.05) is 0 Å². The molecule has 90 valence electrons. The first-order valence-corrected chi connectivity index (χ1v) is 5.52.